The van der Waals surface area contributed by atoms with Crippen LogP contribution < -0.4 is 7.52 Å². The van der Waals surface area contributed by atoms with Gasteiger partial charge in [-0.1, -0.05) is 0 Å². The number of phosphoric acid groups is 2. The van der Waals surface area contributed by atoms with Crippen molar-refractivity contribution in [3.8, 4) is 0 Å². The molecule has 0 aliphatic heterocycles. The van der Waals surface area contributed by atoms with Crippen molar-refractivity contribution >= 4 is 15.6 Å². The Hall–Kier alpha value is 1.22. The van der Waals surface area contributed by atoms with Gasteiger partial charge in [-0.25, -0.2) is 9.13 Å². The van der Waals surface area contributed by atoms with Gasteiger partial charge in [-0.15, -0.1) is 0 Å². The average molecular weight is 719 g/mol. The minimum absolute atomic E-state index is 0. The molecule has 0 heterocycles. The van der Waals surface area contributed by atoms with Crippen molar-refractivity contribution in [1.29, 1.82) is 0 Å². The molecule has 1 radical (unpaired) electrons. The van der Waals surface area contributed by atoms with Gasteiger partial charge in [0, 0.05) is 0 Å². The average Bonchev–Trinajstić information content (AvgIpc) is 1.70. The summed E-state index contributed by atoms with van der Waals surface area (Å²) in [6.07, 6.45) is 0. The van der Waals surface area contributed by atoms with Crippen molar-refractivity contribution < 1.29 is 112 Å². The quantitative estimate of drug-likeness (QED) is 0.129. The van der Waals surface area contributed by atoms with Crippen LogP contribution in [0.2, 0.25) is 0 Å². The third-order valence-electron chi connectivity index (χ3n) is 0. The molecule has 0 unspecified atom stereocenters. The Morgan fingerprint density at radius 3 is 0.632 bits per heavy atom. The second-order valence-corrected chi connectivity index (χ2v) is 6.42. The Morgan fingerprint density at radius 2 is 0.632 bits per heavy atom. The third-order valence-corrected chi connectivity index (χ3v) is 0. The second kappa shape index (κ2) is 17.3. The molecule has 0 amide bonds. The van der Waals surface area contributed by atoms with Crippen LogP contribution in [0.1, 0.15) is 0 Å². The molecule has 14 nitrogen and oxygen atoms in total. The van der Waals surface area contributed by atoms with Crippen molar-refractivity contribution in [3.05, 3.63) is 0 Å². The summed E-state index contributed by atoms with van der Waals surface area (Å²) in [6, 6.07) is 0. The fourth-order valence-electron chi connectivity index (χ4n) is 0. The Bertz CT molecular complexity index is 333. The minimum atomic E-state index is -4.64. The Morgan fingerprint density at radius 1 is 0.632 bits per heavy atom. The van der Waals surface area contributed by atoms with Crippen LogP contribution >= 0.6 is 15.6 Å². The van der Waals surface area contributed by atoms with E-state index < -0.39 is 50.9 Å². The molecule has 0 aromatic heterocycles. The molecule has 0 atom stereocenters. The molecule has 0 aliphatic rings. The molecule has 0 aromatic carbocycles. The van der Waals surface area contributed by atoms with E-state index >= 15 is 0 Å². The molecular weight excluding hydrogens is 713 g/mol. The number of hydrogen-bond acceptors (Lipinski definition) is 8. The normalized spacial score (nSPS) is 8.84. The summed E-state index contributed by atoms with van der Waals surface area (Å²) in [5, 5.41) is 0. The zero-order chi connectivity index (χ0) is 16.2. The van der Waals surface area contributed by atoms with E-state index in [9.17, 15) is 0 Å². The van der Waals surface area contributed by atoms with E-state index in [1.165, 1.54) is 0 Å². The van der Waals surface area contributed by atoms with Crippen LogP contribution in [0.3, 0.4) is 0 Å². The molecule has 0 rings (SSSR count). The molecule has 0 saturated heterocycles. The van der Waals surface area contributed by atoms with Crippen LogP contribution in [0.5, 0.6) is 0 Å². The Kier molecular flexibility index (Phi) is 29.3. The van der Waals surface area contributed by atoms with Crippen molar-refractivity contribution in [2.75, 3.05) is 0 Å². The molecule has 0 saturated carbocycles. The van der Waals surface area contributed by atoms with Gasteiger partial charge < -0.3 is 29.4 Å². The van der Waals surface area contributed by atoms with Gasteiger partial charge in [0.15, 0.2) is 0 Å². The Balaban J connectivity index is -0.0000000453. The van der Waals surface area contributed by atoms with Crippen molar-refractivity contribution in [2.45, 2.75) is 0 Å². The first-order valence-corrected chi connectivity index (χ1v) is 12.9. The van der Waals surface area contributed by atoms with Crippen molar-refractivity contribution in [2.24, 2.45) is 0 Å². The van der Waals surface area contributed by atoms with Crippen molar-refractivity contribution in [3.63, 3.8) is 0 Å². The molecule has 19 heteroatoms. The van der Waals surface area contributed by atoms with Crippen LogP contribution in [0.15, 0.2) is 0 Å². The van der Waals surface area contributed by atoms with Crippen LogP contribution in [-0.2, 0) is 74.7 Å². The van der Waals surface area contributed by atoms with E-state index in [0.29, 0.717) is 0 Å². The van der Waals surface area contributed by atoms with Crippen LogP contribution in [-0.4, -0.2) is 29.4 Å². The number of rotatable bonds is 0. The molecule has 19 heavy (non-hydrogen) atoms. The molecule has 6 N–H and O–H groups in total. The SMILES string of the molecule is O=P(O)(O)O.O=P(O)(O)O.[Co+2].[O]=[W](=[O])[O-].[O]=[W](=[O])[O-]. The predicted molar refractivity (Wildman–Crippen MR) is 31.3 cm³/mol. The van der Waals surface area contributed by atoms with Crippen LogP contribution in [0, 0.1) is 0 Å². The van der Waals surface area contributed by atoms with E-state index in [4.69, 9.17) is 59.6 Å². The van der Waals surface area contributed by atoms with E-state index in [-0.39, 0.29) is 16.8 Å². The first kappa shape index (κ1) is 32.2. The van der Waals surface area contributed by atoms with E-state index in [2.05, 4.69) is 0 Å². The summed E-state index contributed by atoms with van der Waals surface area (Å²) < 4.78 is 69.4. The molecule has 0 aromatic rings. The first-order chi connectivity index (χ1) is 7.46. The standard InChI is InChI=1S/Co.2H3O4P.6O.2W/c;2*1-5(2,3)4;;;;;;;;/h;2*(H3,1,2,3,4);;;;;;;;/q+2;;;;;;;2*-1;;. The summed E-state index contributed by atoms with van der Waals surface area (Å²) in [6.45, 7) is 0. The zero-order valence-corrected chi connectivity index (χ0v) is 16.7. The monoisotopic (exact) mass is 719 g/mol. The fourth-order valence-corrected chi connectivity index (χ4v) is 0. The second-order valence-electron chi connectivity index (χ2n) is 1.43. The van der Waals surface area contributed by atoms with Gasteiger partial charge in [0.25, 0.3) is 0 Å². The molecule has 0 spiro atoms. The molecular formula is H6CoO14P2W2. The maximum atomic E-state index is 8.88. The third kappa shape index (κ3) is 3810. The van der Waals surface area contributed by atoms with E-state index in [0.717, 1.165) is 0 Å². The van der Waals surface area contributed by atoms with Crippen molar-refractivity contribution in [1.82, 2.24) is 0 Å². The molecule has 0 fully saturated rings. The van der Waals surface area contributed by atoms with E-state index in [1.807, 2.05) is 0 Å². The predicted octanol–water partition coefficient (Wildman–Crippen LogP) is -4.72. The molecule has 121 valence electrons. The van der Waals surface area contributed by atoms with Gasteiger partial charge in [-0.05, 0) is 0 Å². The summed E-state index contributed by atoms with van der Waals surface area (Å²) in [4.78, 5) is 43.1. The van der Waals surface area contributed by atoms with Gasteiger partial charge in [0.2, 0.25) is 0 Å². The van der Waals surface area contributed by atoms with Gasteiger partial charge >= 0.3 is 88.8 Å². The molecule has 0 bridgehead atoms. The molecule has 0 aliphatic carbocycles. The van der Waals surface area contributed by atoms with Crippen LogP contribution in [0.25, 0.3) is 0 Å². The van der Waals surface area contributed by atoms with Gasteiger partial charge in [-0.3, -0.25) is 0 Å². The van der Waals surface area contributed by atoms with Gasteiger partial charge in [0.1, 0.15) is 0 Å². The van der Waals surface area contributed by atoms with Gasteiger partial charge in [0.05, 0.1) is 0 Å². The summed E-state index contributed by atoms with van der Waals surface area (Å²) >= 11 is -8.56. The number of hydrogen-bond donors (Lipinski definition) is 6. The van der Waals surface area contributed by atoms with Gasteiger partial charge in [-0.2, -0.15) is 0 Å². The zero-order valence-electron chi connectivity index (χ0n) is 7.99. The first-order valence-electron chi connectivity index (χ1n) is 2.57. The van der Waals surface area contributed by atoms with E-state index in [1.54, 1.807) is 0 Å². The Labute approximate surface area is 127 Å². The maximum absolute atomic E-state index is 8.88. The summed E-state index contributed by atoms with van der Waals surface area (Å²) in [5.41, 5.74) is 0. The topological polar surface area (TPSA) is 270 Å². The fraction of sp³-hybridized carbons (Fsp3) is 0. The summed E-state index contributed by atoms with van der Waals surface area (Å²) in [7, 11) is -9.28. The van der Waals surface area contributed by atoms with Crippen LogP contribution in [0.4, 0.5) is 0 Å². The summed E-state index contributed by atoms with van der Waals surface area (Å²) in [5.74, 6) is 0.